The summed E-state index contributed by atoms with van der Waals surface area (Å²) in [5, 5.41) is 0. The zero-order valence-electron chi connectivity index (χ0n) is 19.2. The molecule has 0 N–H and O–H groups in total. The first-order chi connectivity index (χ1) is 16.9. The van der Waals surface area contributed by atoms with Crippen LogP contribution in [0.1, 0.15) is 22.3 Å². The van der Waals surface area contributed by atoms with Gasteiger partial charge in [0.15, 0.2) is 0 Å². The van der Waals surface area contributed by atoms with Crippen molar-refractivity contribution in [3.63, 3.8) is 0 Å². The third-order valence-electron chi connectivity index (χ3n) is 5.72. The number of hydrogen-bond acceptors (Lipinski definition) is 0. The predicted octanol–water partition coefficient (Wildman–Crippen LogP) is 8.37. The average Bonchev–Trinajstić information content (AvgIpc) is 3.63. The summed E-state index contributed by atoms with van der Waals surface area (Å²) in [6, 6.07) is 43.2. The smallest absolute Gasteiger partial charge is 0.0466 e. The Bertz CT molecular complexity index is 1020. The fourth-order valence-corrected chi connectivity index (χ4v) is 5.65. The molecule has 0 aromatic heterocycles. The van der Waals surface area contributed by atoms with E-state index in [-0.39, 0.29) is 17.1 Å². The van der Waals surface area contributed by atoms with Gasteiger partial charge in [0, 0.05) is 40.2 Å². The Morgan fingerprint density at radius 3 is 0.857 bits per heavy atom. The summed E-state index contributed by atoms with van der Waals surface area (Å²) in [5.74, 6) is 2.67. The van der Waals surface area contributed by atoms with Gasteiger partial charge in [-0.05, 0) is 54.4 Å². The van der Waals surface area contributed by atoms with Crippen molar-refractivity contribution in [1.29, 1.82) is 0 Å². The van der Waals surface area contributed by atoms with E-state index < -0.39 is 0 Å². The van der Waals surface area contributed by atoms with E-state index in [0.717, 1.165) is 0 Å². The van der Waals surface area contributed by atoms with Crippen LogP contribution < -0.4 is 0 Å². The van der Waals surface area contributed by atoms with E-state index in [4.69, 9.17) is 0 Å². The van der Waals surface area contributed by atoms with Crippen LogP contribution in [0.25, 0.3) is 0 Å². The van der Waals surface area contributed by atoms with Gasteiger partial charge in [-0.15, -0.1) is 0 Å². The molecule has 170 valence electrons. The molecule has 1 saturated heterocycles. The van der Waals surface area contributed by atoms with Gasteiger partial charge < -0.3 is 0 Å². The fourth-order valence-electron chi connectivity index (χ4n) is 4.16. The molecule has 1 aliphatic heterocycles. The molecule has 35 heavy (non-hydrogen) atoms. The van der Waals surface area contributed by atoms with Crippen LogP contribution in [0.4, 0.5) is 0 Å². The maximum absolute atomic E-state index is 2.23. The van der Waals surface area contributed by atoms with E-state index in [2.05, 4.69) is 121 Å². The van der Waals surface area contributed by atoms with Crippen LogP contribution in [0.2, 0.25) is 0 Å². The molecule has 0 bridgehead atoms. The predicted molar refractivity (Wildman–Crippen MR) is 144 cm³/mol. The van der Waals surface area contributed by atoms with E-state index in [9.17, 15) is 0 Å². The maximum Gasteiger partial charge on any atom is 0.0466 e. The van der Waals surface area contributed by atoms with Crippen molar-refractivity contribution in [2.45, 2.75) is 0 Å². The first kappa shape index (κ1) is 25.9. The van der Waals surface area contributed by atoms with Gasteiger partial charge in [0.25, 0.3) is 0 Å². The van der Waals surface area contributed by atoms with Crippen LogP contribution in [0.15, 0.2) is 121 Å². The molecule has 0 nitrogen and oxygen atoms in total. The summed E-state index contributed by atoms with van der Waals surface area (Å²) in [7, 11) is 1.25. The standard InChI is InChI=1S/C28H20P.C5H5.Fe/c1-5-13-21(14-6-1)25-26(22-15-7-2-8-16-22)28(24-19-11-4-12-20-24)29-27(25)23-17-9-3-10-18-23;1-2-4-5-3-1;/h1-20H;1-5H;. The summed E-state index contributed by atoms with van der Waals surface area (Å²) in [5.41, 5.74) is 7.84. The minimum absolute atomic E-state index is 0. The molecule has 2 aliphatic rings. The van der Waals surface area contributed by atoms with Crippen LogP contribution in [0, 0.1) is 55.3 Å². The SMILES string of the molecule is [CH]1[CH][CH][CH][CH]1.[Fe].c1ccc([C]2[P][C](c3ccccc3)[C](c3ccccc3)[C]2c2ccccc2)cc1. The third kappa shape index (κ3) is 6.34. The summed E-state index contributed by atoms with van der Waals surface area (Å²) < 4.78 is 0. The summed E-state index contributed by atoms with van der Waals surface area (Å²) in [6.45, 7) is 0. The minimum Gasteiger partial charge on any atom is -0.0622 e. The third-order valence-corrected chi connectivity index (χ3v) is 7.13. The molecule has 2 fully saturated rings. The second kappa shape index (κ2) is 13.2. The van der Waals surface area contributed by atoms with Crippen LogP contribution in [0.5, 0.6) is 0 Å². The van der Waals surface area contributed by atoms with Crippen LogP contribution in [-0.4, -0.2) is 0 Å². The fraction of sp³-hybridized carbons (Fsp3) is 0. The maximum atomic E-state index is 2.23. The van der Waals surface area contributed by atoms with Crippen LogP contribution in [-0.2, 0) is 17.1 Å². The second-order valence-electron chi connectivity index (χ2n) is 7.99. The van der Waals surface area contributed by atoms with Crippen LogP contribution in [0.3, 0.4) is 0 Å². The Hall–Kier alpha value is -2.17. The van der Waals surface area contributed by atoms with Gasteiger partial charge in [0.1, 0.15) is 0 Å². The van der Waals surface area contributed by atoms with E-state index in [1.165, 1.54) is 54.0 Å². The first-order valence-electron chi connectivity index (χ1n) is 11.5. The Morgan fingerprint density at radius 1 is 0.314 bits per heavy atom. The zero-order chi connectivity index (χ0) is 23.0. The monoisotopic (exact) mass is 508 g/mol. The summed E-state index contributed by atoms with van der Waals surface area (Å²) in [6.07, 6.45) is 10.0. The zero-order valence-corrected chi connectivity index (χ0v) is 21.2. The molecule has 10 radical (unpaired) electrons. The second-order valence-corrected chi connectivity index (χ2v) is 9.10. The molecule has 1 heterocycles. The van der Waals surface area contributed by atoms with Crippen molar-refractivity contribution >= 4 is 8.58 Å². The normalized spacial score (nSPS) is 16.9. The quantitative estimate of drug-likeness (QED) is 0.192. The van der Waals surface area contributed by atoms with Gasteiger partial charge in [0.05, 0.1) is 0 Å². The topological polar surface area (TPSA) is 0 Å². The van der Waals surface area contributed by atoms with Gasteiger partial charge in [-0.2, -0.15) is 0 Å². The molecule has 4 aromatic rings. The molecule has 0 atom stereocenters. The van der Waals surface area contributed by atoms with Crippen molar-refractivity contribution in [3.8, 4) is 0 Å². The largest absolute Gasteiger partial charge is 0.0622 e. The van der Waals surface area contributed by atoms with E-state index >= 15 is 0 Å². The van der Waals surface area contributed by atoms with Gasteiger partial charge in [-0.25, -0.2) is 0 Å². The summed E-state index contributed by atoms with van der Waals surface area (Å²) >= 11 is 0. The molecule has 2 heteroatoms. The van der Waals surface area contributed by atoms with Crippen molar-refractivity contribution in [2.24, 2.45) is 0 Å². The van der Waals surface area contributed by atoms with E-state index in [1.54, 1.807) is 0 Å². The number of hydrogen-bond donors (Lipinski definition) is 0. The molecule has 0 spiro atoms. The molecule has 1 saturated carbocycles. The van der Waals surface area contributed by atoms with E-state index in [0.29, 0.717) is 0 Å². The number of rotatable bonds is 4. The molecule has 0 amide bonds. The van der Waals surface area contributed by atoms with Crippen molar-refractivity contribution in [3.05, 3.63) is 199 Å². The van der Waals surface area contributed by atoms with Crippen molar-refractivity contribution < 1.29 is 17.1 Å². The molecule has 4 aromatic carbocycles. The molecule has 6 rings (SSSR count). The van der Waals surface area contributed by atoms with Gasteiger partial charge in [-0.3, -0.25) is 0 Å². The molecule has 1 aliphatic carbocycles. The Kier molecular flexibility index (Phi) is 9.79. The first-order valence-corrected chi connectivity index (χ1v) is 12.4. The van der Waals surface area contributed by atoms with Gasteiger partial charge in [-0.1, -0.05) is 130 Å². The Balaban J connectivity index is 0.000000431. The summed E-state index contributed by atoms with van der Waals surface area (Å²) in [4.78, 5) is 0. The molecular formula is C33H25FeP. The van der Waals surface area contributed by atoms with Crippen molar-refractivity contribution in [1.82, 2.24) is 0 Å². The van der Waals surface area contributed by atoms with Gasteiger partial charge >= 0.3 is 0 Å². The minimum atomic E-state index is 0. The van der Waals surface area contributed by atoms with E-state index in [1.807, 2.05) is 32.1 Å². The molecular weight excluding hydrogens is 483 g/mol. The number of benzene rings is 4. The average molecular weight is 508 g/mol. The Morgan fingerprint density at radius 2 is 0.571 bits per heavy atom. The van der Waals surface area contributed by atoms with Gasteiger partial charge in [0.2, 0.25) is 0 Å². The van der Waals surface area contributed by atoms with Crippen LogP contribution >= 0.6 is 8.58 Å². The van der Waals surface area contributed by atoms with Crippen molar-refractivity contribution in [2.75, 3.05) is 0 Å². The molecule has 0 unspecified atom stereocenters. The Labute approximate surface area is 223 Å².